The van der Waals surface area contributed by atoms with Gasteiger partial charge in [-0.1, -0.05) is 6.92 Å². The van der Waals surface area contributed by atoms with Crippen LogP contribution in [0.15, 0.2) is 0 Å². The van der Waals surface area contributed by atoms with Crippen LogP contribution in [0.4, 0.5) is 0 Å². The van der Waals surface area contributed by atoms with Gasteiger partial charge in [0, 0.05) is 25.6 Å². The Kier molecular flexibility index (Phi) is 3.99. The fourth-order valence-electron chi connectivity index (χ4n) is 2.15. The van der Waals surface area contributed by atoms with Crippen LogP contribution in [0, 0.1) is 17.8 Å². The van der Waals surface area contributed by atoms with Crippen molar-refractivity contribution in [1.82, 2.24) is 16.0 Å². The fourth-order valence-corrected chi connectivity index (χ4v) is 2.15. The van der Waals surface area contributed by atoms with E-state index in [4.69, 9.17) is 0 Å². The molecule has 0 aromatic carbocycles. The summed E-state index contributed by atoms with van der Waals surface area (Å²) in [6, 6.07) is 0. The second kappa shape index (κ2) is 5.49. The van der Waals surface area contributed by atoms with Gasteiger partial charge in [0.05, 0.1) is 5.92 Å². The third-order valence-corrected chi connectivity index (χ3v) is 3.53. The molecule has 3 N–H and O–H groups in total. The summed E-state index contributed by atoms with van der Waals surface area (Å²) in [4.78, 5) is 23.1. The second-order valence-electron chi connectivity index (χ2n) is 5.10. The predicted molar refractivity (Wildman–Crippen MR) is 64.3 cm³/mol. The van der Waals surface area contributed by atoms with Crippen LogP contribution in [0.2, 0.25) is 0 Å². The summed E-state index contributed by atoms with van der Waals surface area (Å²) in [7, 11) is 0. The highest BCUT2D eigenvalue weighted by molar-refractivity contribution is 5.81. The van der Waals surface area contributed by atoms with Gasteiger partial charge >= 0.3 is 0 Å². The number of carbonyl (C=O) groups is 2. The summed E-state index contributed by atoms with van der Waals surface area (Å²) < 4.78 is 0. The molecule has 5 nitrogen and oxygen atoms in total. The minimum Gasteiger partial charge on any atom is -0.354 e. The zero-order chi connectivity index (χ0) is 12.3. The number of amides is 2. The van der Waals surface area contributed by atoms with Gasteiger partial charge in [0.25, 0.3) is 0 Å². The van der Waals surface area contributed by atoms with E-state index in [0.717, 1.165) is 25.9 Å². The standard InChI is InChI=1S/C12H21N3O2/c1-8-6-13-7-10(8)12(17)15-5-4-14-11(16)9-2-3-9/h8-10,13H,2-7H2,1H3,(H,14,16)(H,15,17). The highest BCUT2D eigenvalue weighted by Gasteiger charge is 2.30. The first-order valence-electron chi connectivity index (χ1n) is 6.44. The normalized spacial score (nSPS) is 27.8. The molecule has 2 atom stereocenters. The Hall–Kier alpha value is -1.10. The Morgan fingerprint density at radius 3 is 2.29 bits per heavy atom. The summed E-state index contributed by atoms with van der Waals surface area (Å²) in [6.07, 6.45) is 2.03. The Balaban J connectivity index is 1.58. The largest absolute Gasteiger partial charge is 0.354 e. The number of hydrogen-bond acceptors (Lipinski definition) is 3. The summed E-state index contributed by atoms with van der Waals surface area (Å²) >= 11 is 0. The van der Waals surface area contributed by atoms with Gasteiger partial charge in [-0.25, -0.2) is 0 Å². The smallest absolute Gasteiger partial charge is 0.224 e. The summed E-state index contributed by atoms with van der Waals surface area (Å²) in [5.74, 6) is 0.952. The van der Waals surface area contributed by atoms with E-state index in [-0.39, 0.29) is 23.7 Å². The highest BCUT2D eigenvalue weighted by atomic mass is 16.2. The Labute approximate surface area is 102 Å². The zero-order valence-corrected chi connectivity index (χ0v) is 10.3. The molecule has 2 unspecified atom stereocenters. The van der Waals surface area contributed by atoms with Gasteiger partial charge < -0.3 is 16.0 Å². The monoisotopic (exact) mass is 239 g/mol. The number of carbonyl (C=O) groups excluding carboxylic acids is 2. The minimum atomic E-state index is 0.0779. The molecule has 1 aliphatic heterocycles. The molecule has 2 aliphatic rings. The lowest BCUT2D eigenvalue weighted by Gasteiger charge is -2.14. The van der Waals surface area contributed by atoms with Crippen molar-refractivity contribution in [2.75, 3.05) is 26.2 Å². The van der Waals surface area contributed by atoms with E-state index in [2.05, 4.69) is 22.9 Å². The molecule has 0 bridgehead atoms. The second-order valence-corrected chi connectivity index (χ2v) is 5.10. The van der Waals surface area contributed by atoms with Gasteiger partial charge in [-0.3, -0.25) is 9.59 Å². The number of hydrogen-bond donors (Lipinski definition) is 3. The molecule has 0 aromatic heterocycles. The van der Waals surface area contributed by atoms with Crippen LogP contribution in [0.5, 0.6) is 0 Å². The Morgan fingerprint density at radius 2 is 1.76 bits per heavy atom. The minimum absolute atomic E-state index is 0.0779. The Morgan fingerprint density at radius 1 is 1.12 bits per heavy atom. The van der Waals surface area contributed by atoms with Crippen LogP contribution in [-0.4, -0.2) is 38.0 Å². The van der Waals surface area contributed by atoms with Gasteiger partial charge in [-0.2, -0.15) is 0 Å². The van der Waals surface area contributed by atoms with E-state index in [1.165, 1.54) is 0 Å². The molecule has 1 aliphatic carbocycles. The van der Waals surface area contributed by atoms with Crippen LogP contribution < -0.4 is 16.0 Å². The lowest BCUT2D eigenvalue weighted by atomic mass is 9.97. The first-order chi connectivity index (χ1) is 8.18. The molecule has 17 heavy (non-hydrogen) atoms. The molecule has 2 rings (SSSR count). The summed E-state index contributed by atoms with van der Waals surface area (Å²) in [6.45, 7) is 4.83. The molecule has 0 aromatic rings. The maximum Gasteiger partial charge on any atom is 0.224 e. The van der Waals surface area contributed by atoms with Crippen LogP contribution in [0.1, 0.15) is 19.8 Å². The van der Waals surface area contributed by atoms with Crippen LogP contribution in [-0.2, 0) is 9.59 Å². The molecule has 1 heterocycles. The average molecular weight is 239 g/mol. The molecule has 0 spiro atoms. The third kappa shape index (κ3) is 3.43. The van der Waals surface area contributed by atoms with Crippen LogP contribution in [0.25, 0.3) is 0 Å². The van der Waals surface area contributed by atoms with E-state index in [9.17, 15) is 9.59 Å². The fraction of sp³-hybridized carbons (Fsp3) is 0.833. The van der Waals surface area contributed by atoms with E-state index >= 15 is 0 Å². The topological polar surface area (TPSA) is 70.2 Å². The van der Waals surface area contributed by atoms with Crippen molar-refractivity contribution >= 4 is 11.8 Å². The maximum atomic E-state index is 11.8. The van der Waals surface area contributed by atoms with Gasteiger partial charge in [-0.05, 0) is 25.3 Å². The first-order valence-corrected chi connectivity index (χ1v) is 6.44. The zero-order valence-electron chi connectivity index (χ0n) is 10.3. The molecule has 96 valence electrons. The molecule has 2 amide bonds. The van der Waals surface area contributed by atoms with Crippen molar-refractivity contribution in [2.24, 2.45) is 17.8 Å². The van der Waals surface area contributed by atoms with Crippen molar-refractivity contribution in [2.45, 2.75) is 19.8 Å². The first kappa shape index (κ1) is 12.4. The highest BCUT2D eigenvalue weighted by Crippen LogP contribution is 2.28. The molecule has 2 fully saturated rings. The third-order valence-electron chi connectivity index (χ3n) is 3.53. The molecule has 1 saturated carbocycles. The lowest BCUT2D eigenvalue weighted by molar-refractivity contribution is -0.126. The van der Waals surface area contributed by atoms with Crippen molar-refractivity contribution < 1.29 is 9.59 Å². The summed E-state index contributed by atoms with van der Waals surface area (Å²) in [5.41, 5.74) is 0. The van der Waals surface area contributed by atoms with E-state index in [1.54, 1.807) is 0 Å². The van der Waals surface area contributed by atoms with Crippen molar-refractivity contribution in [3.05, 3.63) is 0 Å². The SMILES string of the molecule is CC1CNCC1C(=O)NCCNC(=O)C1CC1. The molecular formula is C12H21N3O2. The van der Waals surface area contributed by atoms with Crippen LogP contribution >= 0.6 is 0 Å². The van der Waals surface area contributed by atoms with Crippen LogP contribution in [0.3, 0.4) is 0 Å². The van der Waals surface area contributed by atoms with Gasteiger partial charge in [-0.15, -0.1) is 0 Å². The number of nitrogens with one attached hydrogen (secondary N) is 3. The number of rotatable bonds is 5. The lowest BCUT2D eigenvalue weighted by Crippen LogP contribution is -2.39. The maximum absolute atomic E-state index is 11.8. The van der Waals surface area contributed by atoms with Crippen molar-refractivity contribution in [1.29, 1.82) is 0 Å². The quantitative estimate of drug-likeness (QED) is 0.566. The van der Waals surface area contributed by atoms with E-state index in [0.29, 0.717) is 19.0 Å². The van der Waals surface area contributed by atoms with Crippen molar-refractivity contribution in [3.8, 4) is 0 Å². The van der Waals surface area contributed by atoms with Gasteiger partial charge in [0.15, 0.2) is 0 Å². The molecule has 0 radical (unpaired) electrons. The Bertz CT molecular complexity index is 302. The van der Waals surface area contributed by atoms with Crippen molar-refractivity contribution in [3.63, 3.8) is 0 Å². The van der Waals surface area contributed by atoms with E-state index < -0.39 is 0 Å². The van der Waals surface area contributed by atoms with E-state index in [1.807, 2.05) is 0 Å². The van der Waals surface area contributed by atoms with Gasteiger partial charge in [0.1, 0.15) is 0 Å². The molecule has 5 heteroatoms. The average Bonchev–Trinajstić information content (AvgIpc) is 3.07. The predicted octanol–water partition coefficient (Wildman–Crippen LogP) is -0.516. The summed E-state index contributed by atoms with van der Waals surface area (Å²) in [5, 5.41) is 8.91. The molecule has 1 saturated heterocycles. The molecular weight excluding hydrogens is 218 g/mol. The van der Waals surface area contributed by atoms with Gasteiger partial charge in [0.2, 0.25) is 11.8 Å².